The van der Waals surface area contributed by atoms with Crippen molar-refractivity contribution in [1.82, 2.24) is 9.97 Å². The quantitative estimate of drug-likeness (QED) is 0.877. The van der Waals surface area contributed by atoms with Crippen LogP contribution in [-0.2, 0) is 0 Å². The maximum absolute atomic E-state index is 6.12. The molecule has 3 nitrogen and oxygen atoms in total. The Morgan fingerprint density at radius 3 is 2.73 bits per heavy atom. The summed E-state index contributed by atoms with van der Waals surface area (Å²) in [6.45, 7) is 2.05. The number of hydrogen-bond donors (Lipinski definition) is 2. The lowest BCUT2D eigenvalue weighted by Gasteiger charge is -2.11. The third-order valence-corrected chi connectivity index (χ3v) is 2.79. The molecule has 0 saturated heterocycles. The van der Waals surface area contributed by atoms with Crippen LogP contribution in [0.25, 0.3) is 0 Å². The Morgan fingerprint density at radius 2 is 2.13 bits per heavy atom. The van der Waals surface area contributed by atoms with Crippen LogP contribution in [0, 0.1) is 6.92 Å². The lowest BCUT2D eigenvalue weighted by Crippen LogP contribution is -2.14. The Kier molecular flexibility index (Phi) is 2.88. The van der Waals surface area contributed by atoms with Gasteiger partial charge >= 0.3 is 0 Å². The van der Waals surface area contributed by atoms with Crippen molar-refractivity contribution in [3.8, 4) is 0 Å². The average Bonchev–Trinajstić information content (AvgIpc) is 2.65. The number of imidazole rings is 1. The molecule has 0 saturated carbocycles. The molecule has 0 radical (unpaired) electrons. The normalized spacial score (nSPS) is 12.7. The third kappa shape index (κ3) is 2.11. The highest BCUT2D eigenvalue weighted by Gasteiger charge is 2.13. The predicted molar refractivity (Wildman–Crippen MR) is 63.5 cm³/mol. The Bertz CT molecular complexity index is 464. The second kappa shape index (κ2) is 4.16. The first-order valence-electron chi connectivity index (χ1n) is 4.70. The minimum Gasteiger partial charge on any atom is -0.335 e. The molecule has 4 heteroatoms. The van der Waals surface area contributed by atoms with Crippen LogP contribution in [0.2, 0.25) is 0 Å². The molecule has 0 bridgehead atoms. The number of rotatable bonds is 2. The molecular formula is C11H12BrN3. The van der Waals surface area contributed by atoms with Crippen molar-refractivity contribution >= 4 is 15.9 Å². The van der Waals surface area contributed by atoms with Crippen LogP contribution in [0.15, 0.2) is 35.1 Å². The van der Waals surface area contributed by atoms with Gasteiger partial charge in [-0.2, -0.15) is 0 Å². The van der Waals surface area contributed by atoms with E-state index in [1.165, 1.54) is 5.56 Å². The Morgan fingerprint density at radius 1 is 1.40 bits per heavy atom. The molecule has 0 amide bonds. The smallest absolute Gasteiger partial charge is 0.128 e. The third-order valence-electron chi connectivity index (χ3n) is 2.38. The molecule has 0 aliphatic carbocycles. The van der Waals surface area contributed by atoms with Crippen LogP contribution in [0.3, 0.4) is 0 Å². The maximum atomic E-state index is 6.12. The van der Waals surface area contributed by atoms with Gasteiger partial charge in [0.2, 0.25) is 0 Å². The predicted octanol–water partition coefficient (Wildman–Crippen LogP) is 2.53. The molecule has 1 aromatic carbocycles. The van der Waals surface area contributed by atoms with Crippen molar-refractivity contribution in [3.05, 3.63) is 52.0 Å². The van der Waals surface area contributed by atoms with Gasteiger partial charge in [0.1, 0.15) is 10.4 Å². The minimum atomic E-state index is -0.197. The molecule has 3 N–H and O–H groups in total. The van der Waals surface area contributed by atoms with Crippen LogP contribution < -0.4 is 5.73 Å². The number of hydrogen-bond acceptors (Lipinski definition) is 2. The largest absolute Gasteiger partial charge is 0.335 e. The Hall–Kier alpha value is -1.13. The van der Waals surface area contributed by atoms with E-state index in [1.54, 1.807) is 6.20 Å². The zero-order chi connectivity index (χ0) is 10.8. The first-order chi connectivity index (χ1) is 7.18. The highest BCUT2D eigenvalue weighted by atomic mass is 79.9. The van der Waals surface area contributed by atoms with Crippen LogP contribution in [0.5, 0.6) is 0 Å². The van der Waals surface area contributed by atoms with Crippen molar-refractivity contribution in [2.24, 2.45) is 5.73 Å². The van der Waals surface area contributed by atoms with Crippen molar-refractivity contribution in [2.75, 3.05) is 0 Å². The molecule has 1 aromatic heterocycles. The van der Waals surface area contributed by atoms with E-state index in [4.69, 9.17) is 5.73 Å². The monoisotopic (exact) mass is 265 g/mol. The number of H-pyrrole nitrogens is 1. The van der Waals surface area contributed by atoms with Crippen LogP contribution in [0.1, 0.15) is 23.0 Å². The van der Waals surface area contributed by atoms with Gasteiger partial charge in [-0.15, -0.1) is 0 Å². The first-order valence-corrected chi connectivity index (χ1v) is 5.49. The first kappa shape index (κ1) is 10.4. The molecular weight excluding hydrogens is 254 g/mol. The summed E-state index contributed by atoms with van der Waals surface area (Å²) in [6, 6.07) is 7.87. The highest BCUT2D eigenvalue weighted by Crippen LogP contribution is 2.21. The summed E-state index contributed by atoms with van der Waals surface area (Å²) in [5.74, 6) is 0.774. The fraction of sp³-hybridized carbons (Fsp3) is 0.182. The second-order valence-electron chi connectivity index (χ2n) is 3.45. The SMILES string of the molecule is Cc1ccccc1C(N)c1ncc(Br)[nH]1. The summed E-state index contributed by atoms with van der Waals surface area (Å²) in [6.07, 6.45) is 1.72. The fourth-order valence-electron chi connectivity index (χ4n) is 1.55. The number of aryl methyl sites for hydroxylation is 1. The maximum Gasteiger partial charge on any atom is 0.128 e. The van der Waals surface area contributed by atoms with Gasteiger partial charge in [0, 0.05) is 0 Å². The number of nitrogens with zero attached hydrogens (tertiary/aromatic N) is 1. The van der Waals surface area contributed by atoms with Crippen molar-refractivity contribution in [2.45, 2.75) is 13.0 Å². The number of nitrogens with one attached hydrogen (secondary N) is 1. The van der Waals surface area contributed by atoms with E-state index in [1.807, 2.05) is 31.2 Å². The average molecular weight is 266 g/mol. The van der Waals surface area contributed by atoms with Crippen molar-refractivity contribution in [3.63, 3.8) is 0 Å². The molecule has 15 heavy (non-hydrogen) atoms. The summed E-state index contributed by atoms with van der Waals surface area (Å²) in [7, 11) is 0. The number of aromatic nitrogens is 2. The molecule has 1 atom stereocenters. The molecule has 1 unspecified atom stereocenters. The van der Waals surface area contributed by atoms with Gasteiger partial charge in [-0.1, -0.05) is 24.3 Å². The van der Waals surface area contributed by atoms with Crippen molar-refractivity contribution < 1.29 is 0 Å². The second-order valence-corrected chi connectivity index (χ2v) is 4.30. The zero-order valence-electron chi connectivity index (χ0n) is 8.37. The number of halogens is 1. The standard InChI is InChI=1S/C11H12BrN3/c1-7-4-2-3-5-8(7)10(13)11-14-6-9(12)15-11/h2-6,10H,13H2,1H3,(H,14,15). The van der Waals surface area contributed by atoms with E-state index in [0.29, 0.717) is 0 Å². The number of nitrogens with two attached hydrogens (primary N) is 1. The summed E-state index contributed by atoms with van der Waals surface area (Å²) in [5.41, 5.74) is 8.39. The van der Waals surface area contributed by atoms with Gasteiger partial charge in [0.05, 0.1) is 12.2 Å². The van der Waals surface area contributed by atoms with E-state index in [-0.39, 0.29) is 6.04 Å². The molecule has 1 heterocycles. The molecule has 78 valence electrons. The molecule has 2 rings (SSSR count). The summed E-state index contributed by atoms with van der Waals surface area (Å²) in [4.78, 5) is 7.29. The van der Waals surface area contributed by atoms with E-state index < -0.39 is 0 Å². The summed E-state index contributed by atoms with van der Waals surface area (Å²) >= 11 is 3.32. The van der Waals surface area contributed by atoms with Gasteiger partial charge in [0.25, 0.3) is 0 Å². The van der Waals surface area contributed by atoms with E-state index in [2.05, 4.69) is 25.9 Å². The van der Waals surface area contributed by atoms with Crippen LogP contribution >= 0.6 is 15.9 Å². The topological polar surface area (TPSA) is 54.7 Å². The van der Waals surface area contributed by atoms with Crippen molar-refractivity contribution in [1.29, 1.82) is 0 Å². The van der Waals surface area contributed by atoms with Gasteiger partial charge in [-0.05, 0) is 34.0 Å². The minimum absolute atomic E-state index is 0.197. The zero-order valence-corrected chi connectivity index (χ0v) is 9.95. The van der Waals surface area contributed by atoms with E-state index in [9.17, 15) is 0 Å². The fourth-order valence-corrected chi connectivity index (χ4v) is 1.86. The molecule has 2 aromatic rings. The Balaban J connectivity index is 2.36. The van der Waals surface area contributed by atoms with Gasteiger partial charge < -0.3 is 10.7 Å². The molecule has 0 aliphatic rings. The molecule has 0 aliphatic heterocycles. The lowest BCUT2D eigenvalue weighted by atomic mass is 10.0. The number of benzene rings is 1. The van der Waals surface area contributed by atoms with E-state index >= 15 is 0 Å². The van der Waals surface area contributed by atoms with Gasteiger partial charge in [-0.25, -0.2) is 4.98 Å². The van der Waals surface area contributed by atoms with Gasteiger partial charge in [-0.3, -0.25) is 0 Å². The lowest BCUT2D eigenvalue weighted by molar-refractivity contribution is 0.793. The summed E-state index contributed by atoms with van der Waals surface area (Å²) < 4.78 is 0.849. The Labute approximate surface area is 96.9 Å². The highest BCUT2D eigenvalue weighted by molar-refractivity contribution is 9.10. The van der Waals surface area contributed by atoms with E-state index in [0.717, 1.165) is 16.0 Å². The molecule has 0 fully saturated rings. The number of aromatic amines is 1. The van der Waals surface area contributed by atoms with Crippen LogP contribution in [0.4, 0.5) is 0 Å². The van der Waals surface area contributed by atoms with Crippen LogP contribution in [-0.4, -0.2) is 9.97 Å². The molecule has 0 spiro atoms. The van der Waals surface area contributed by atoms with Gasteiger partial charge in [0.15, 0.2) is 0 Å². The summed E-state index contributed by atoms with van der Waals surface area (Å²) in [5, 5.41) is 0.